The Morgan fingerprint density at radius 1 is 0.872 bits per heavy atom. The molecule has 0 saturated heterocycles. The van der Waals surface area contributed by atoms with Crippen molar-refractivity contribution < 1.29 is 9.50 Å². The summed E-state index contributed by atoms with van der Waals surface area (Å²) in [4.78, 5) is 21.9. The first kappa shape index (κ1) is 24.0. The molecule has 3 heterocycles. The van der Waals surface area contributed by atoms with Crippen molar-refractivity contribution in [3.63, 3.8) is 0 Å². The van der Waals surface area contributed by atoms with Gasteiger partial charge in [-0.05, 0) is 31.2 Å². The van der Waals surface area contributed by atoms with E-state index in [0.29, 0.717) is 39.2 Å². The lowest BCUT2D eigenvalue weighted by atomic mass is 10.0. The van der Waals surface area contributed by atoms with Crippen LogP contribution in [0.3, 0.4) is 0 Å². The fourth-order valence-corrected chi connectivity index (χ4v) is 4.67. The quantitative estimate of drug-likeness (QED) is 0.337. The second-order valence-electron chi connectivity index (χ2n) is 9.02. The minimum atomic E-state index is -0.628. The van der Waals surface area contributed by atoms with Gasteiger partial charge in [-0.25, -0.2) is 19.0 Å². The lowest BCUT2D eigenvalue weighted by Crippen LogP contribution is -2.24. The van der Waals surface area contributed by atoms with Gasteiger partial charge >= 0.3 is 0 Å². The van der Waals surface area contributed by atoms with Crippen molar-refractivity contribution in [1.29, 1.82) is 0 Å². The predicted molar refractivity (Wildman–Crippen MR) is 146 cm³/mol. The lowest BCUT2D eigenvalue weighted by Gasteiger charge is -2.18. The maximum Gasteiger partial charge on any atom is 0.271 e. The highest BCUT2D eigenvalue weighted by Gasteiger charge is 2.25. The minimum Gasteiger partial charge on any atom is -0.508 e. The van der Waals surface area contributed by atoms with Crippen LogP contribution in [0.4, 0.5) is 10.2 Å². The number of nitrogen functional groups attached to an aromatic ring is 1. The van der Waals surface area contributed by atoms with Crippen molar-refractivity contribution >= 4 is 16.9 Å². The molecule has 10 heteroatoms. The van der Waals surface area contributed by atoms with Gasteiger partial charge < -0.3 is 10.8 Å². The molecule has 0 amide bonds. The standard InChI is InChI=1S/C29H22FN7O2/c1-17(36-29-25(28(31)32-16-33-29)27(35-36)19-12-20(30)14-22(38)13-19)23-15-24(39)37(21-10-6-3-7-11-21)34-26(23)18-8-4-2-5-9-18/h2-17,38H,1H3,(H2,31,32,33). The van der Waals surface area contributed by atoms with E-state index >= 15 is 0 Å². The summed E-state index contributed by atoms with van der Waals surface area (Å²) in [6.07, 6.45) is 1.32. The molecule has 0 fully saturated rings. The Bertz CT molecular complexity index is 1870. The first-order valence-electron chi connectivity index (χ1n) is 12.1. The number of phenols is 1. The summed E-state index contributed by atoms with van der Waals surface area (Å²) < 4.78 is 17.2. The predicted octanol–water partition coefficient (Wildman–Crippen LogP) is 4.74. The molecule has 1 unspecified atom stereocenters. The van der Waals surface area contributed by atoms with Crippen LogP contribution >= 0.6 is 0 Å². The Balaban J connectivity index is 1.59. The van der Waals surface area contributed by atoms with Gasteiger partial charge in [0.05, 0.1) is 22.8 Å². The zero-order valence-corrected chi connectivity index (χ0v) is 20.7. The summed E-state index contributed by atoms with van der Waals surface area (Å²) in [5.41, 5.74) is 9.55. The molecule has 192 valence electrons. The van der Waals surface area contributed by atoms with Gasteiger partial charge in [-0.1, -0.05) is 48.5 Å². The van der Waals surface area contributed by atoms with E-state index in [1.165, 1.54) is 23.1 Å². The van der Waals surface area contributed by atoms with E-state index in [1.54, 1.807) is 10.7 Å². The molecule has 3 N–H and O–H groups in total. The Hall–Kier alpha value is -5.38. The first-order chi connectivity index (χ1) is 18.9. The SMILES string of the molecule is CC(c1cc(=O)n(-c2ccccc2)nc1-c1ccccc1)n1nc(-c2cc(O)cc(F)c2)c2c(N)ncnc21. The Morgan fingerprint density at radius 2 is 1.59 bits per heavy atom. The molecular formula is C29H22FN7O2. The summed E-state index contributed by atoms with van der Waals surface area (Å²) in [5.74, 6) is -0.731. The second-order valence-corrected chi connectivity index (χ2v) is 9.02. The average Bonchev–Trinajstić information content (AvgIpc) is 3.34. The molecule has 0 radical (unpaired) electrons. The molecule has 0 aliphatic heterocycles. The van der Waals surface area contributed by atoms with E-state index < -0.39 is 11.9 Å². The number of nitrogens with two attached hydrogens (primary N) is 1. The van der Waals surface area contributed by atoms with Gasteiger partial charge in [0.15, 0.2) is 5.65 Å². The number of aromatic nitrogens is 6. The molecule has 6 rings (SSSR count). The Labute approximate surface area is 221 Å². The number of hydrogen-bond donors (Lipinski definition) is 2. The van der Waals surface area contributed by atoms with Gasteiger partial charge in [-0.15, -0.1) is 0 Å². The number of nitrogens with zero attached hydrogens (tertiary/aromatic N) is 6. The summed E-state index contributed by atoms with van der Waals surface area (Å²) in [6, 6.07) is 23.4. The van der Waals surface area contributed by atoms with Crippen LogP contribution in [0.1, 0.15) is 18.5 Å². The normalized spacial score (nSPS) is 12.1. The van der Waals surface area contributed by atoms with E-state index in [0.717, 1.165) is 11.6 Å². The van der Waals surface area contributed by atoms with Crippen molar-refractivity contribution in [2.45, 2.75) is 13.0 Å². The number of para-hydroxylation sites is 1. The molecule has 0 bridgehead atoms. The maximum atomic E-state index is 14.2. The van der Waals surface area contributed by atoms with E-state index in [4.69, 9.17) is 15.9 Å². The number of anilines is 1. The molecule has 9 nitrogen and oxygen atoms in total. The van der Waals surface area contributed by atoms with E-state index in [-0.39, 0.29) is 17.1 Å². The Kier molecular flexibility index (Phi) is 5.84. The third kappa shape index (κ3) is 4.27. The maximum absolute atomic E-state index is 14.2. The molecule has 39 heavy (non-hydrogen) atoms. The van der Waals surface area contributed by atoms with E-state index in [9.17, 15) is 14.3 Å². The third-order valence-electron chi connectivity index (χ3n) is 6.50. The highest BCUT2D eigenvalue weighted by Crippen LogP contribution is 2.36. The number of phenolic OH excluding ortho intramolecular Hbond substituents is 1. The van der Waals surface area contributed by atoms with Gasteiger partial charge in [0.2, 0.25) is 0 Å². The molecular weight excluding hydrogens is 497 g/mol. The number of hydrogen-bond acceptors (Lipinski definition) is 7. The highest BCUT2D eigenvalue weighted by atomic mass is 19.1. The van der Waals surface area contributed by atoms with Crippen molar-refractivity contribution in [1.82, 2.24) is 29.5 Å². The monoisotopic (exact) mass is 519 g/mol. The van der Waals surface area contributed by atoms with Crippen LogP contribution in [0.5, 0.6) is 5.75 Å². The number of halogens is 1. The molecule has 0 aliphatic rings. The van der Waals surface area contributed by atoms with Gasteiger partial charge in [-0.2, -0.15) is 14.9 Å². The average molecular weight is 520 g/mol. The lowest BCUT2D eigenvalue weighted by molar-refractivity contribution is 0.469. The summed E-state index contributed by atoms with van der Waals surface area (Å²) >= 11 is 0. The third-order valence-corrected chi connectivity index (χ3v) is 6.50. The first-order valence-corrected chi connectivity index (χ1v) is 12.1. The van der Waals surface area contributed by atoms with Crippen LogP contribution in [-0.2, 0) is 0 Å². The van der Waals surface area contributed by atoms with Gasteiger partial charge in [0.25, 0.3) is 5.56 Å². The second kappa shape index (κ2) is 9.49. The van der Waals surface area contributed by atoms with Crippen LogP contribution in [0.15, 0.2) is 96.1 Å². The number of aromatic hydroxyl groups is 1. The molecule has 0 saturated carbocycles. The van der Waals surface area contributed by atoms with Crippen molar-refractivity contribution in [3.8, 4) is 34.0 Å². The molecule has 3 aromatic heterocycles. The molecule has 0 spiro atoms. The van der Waals surface area contributed by atoms with E-state index in [2.05, 4.69) is 9.97 Å². The number of rotatable bonds is 5. The largest absolute Gasteiger partial charge is 0.508 e. The van der Waals surface area contributed by atoms with Crippen molar-refractivity contribution in [2.75, 3.05) is 5.73 Å². The number of benzene rings is 3. The topological polar surface area (TPSA) is 125 Å². The zero-order valence-electron chi connectivity index (χ0n) is 20.7. The molecule has 6 aromatic rings. The molecule has 3 aromatic carbocycles. The zero-order chi connectivity index (χ0) is 27.1. The minimum absolute atomic E-state index is 0.151. The van der Waals surface area contributed by atoms with Crippen LogP contribution in [-0.4, -0.2) is 34.6 Å². The summed E-state index contributed by atoms with van der Waals surface area (Å²) in [6.45, 7) is 1.87. The summed E-state index contributed by atoms with van der Waals surface area (Å²) in [5, 5.41) is 19.9. The van der Waals surface area contributed by atoms with Crippen LogP contribution < -0.4 is 11.3 Å². The van der Waals surface area contributed by atoms with Crippen LogP contribution in [0.2, 0.25) is 0 Å². The molecule has 0 aliphatic carbocycles. The summed E-state index contributed by atoms with van der Waals surface area (Å²) in [7, 11) is 0. The van der Waals surface area contributed by atoms with Gasteiger partial charge in [0.1, 0.15) is 29.4 Å². The van der Waals surface area contributed by atoms with Crippen LogP contribution in [0, 0.1) is 5.82 Å². The molecule has 1 atom stereocenters. The fraction of sp³-hybridized carbons (Fsp3) is 0.0690. The van der Waals surface area contributed by atoms with Gasteiger partial charge in [-0.3, -0.25) is 4.79 Å². The fourth-order valence-electron chi connectivity index (χ4n) is 4.67. The van der Waals surface area contributed by atoms with Crippen LogP contribution in [0.25, 0.3) is 39.2 Å². The van der Waals surface area contributed by atoms with E-state index in [1.807, 2.05) is 67.6 Å². The van der Waals surface area contributed by atoms with Gasteiger partial charge in [0, 0.05) is 28.8 Å². The smallest absolute Gasteiger partial charge is 0.271 e. The van der Waals surface area contributed by atoms with Crippen molar-refractivity contribution in [3.05, 3.63) is 113 Å². The number of fused-ring (bicyclic) bond motifs is 1. The highest BCUT2D eigenvalue weighted by molar-refractivity contribution is 5.98. The van der Waals surface area contributed by atoms with Crippen molar-refractivity contribution in [2.24, 2.45) is 0 Å². The Morgan fingerprint density at radius 3 is 2.31 bits per heavy atom.